The highest BCUT2D eigenvalue weighted by molar-refractivity contribution is 5.44. The number of ether oxygens (including phenoxy) is 1. The summed E-state index contributed by atoms with van der Waals surface area (Å²) in [5.74, 6) is 2.78. The molecule has 2 heterocycles. The van der Waals surface area contributed by atoms with E-state index >= 15 is 0 Å². The first-order valence-corrected chi connectivity index (χ1v) is 9.85. The van der Waals surface area contributed by atoms with Gasteiger partial charge in [0, 0.05) is 23.6 Å². The second kappa shape index (κ2) is 7.03. The molecular formula is C21H29N3O2. The molecular weight excluding hydrogens is 326 g/mol. The Morgan fingerprint density at radius 2 is 1.88 bits per heavy atom. The van der Waals surface area contributed by atoms with Gasteiger partial charge in [0.15, 0.2) is 0 Å². The van der Waals surface area contributed by atoms with Gasteiger partial charge in [-0.3, -0.25) is 4.90 Å². The Kier molecular flexibility index (Phi) is 4.74. The van der Waals surface area contributed by atoms with E-state index < -0.39 is 0 Å². The molecule has 1 aliphatic carbocycles. The van der Waals surface area contributed by atoms with Gasteiger partial charge in [-0.25, -0.2) is 0 Å². The van der Waals surface area contributed by atoms with E-state index in [4.69, 9.17) is 9.15 Å². The Balaban J connectivity index is 1.65. The summed E-state index contributed by atoms with van der Waals surface area (Å²) in [5.41, 5.74) is 3.94. The van der Waals surface area contributed by atoms with Crippen LogP contribution in [0.2, 0.25) is 0 Å². The van der Waals surface area contributed by atoms with Crippen LogP contribution in [0.3, 0.4) is 0 Å². The van der Waals surface area contributed by atoms with Gasteiger partial charge in [-0.1, -0.05) is 19.9 Å². The SMILES string of the molecule is Cc1cc2c(cc1C)C(N(Cc1nnc(C(C)C)o1)C1CC1)CCCO2. The van der Waals surface area contributed by atoms with Crippen molar-refractivity contribution in [2.45, 2.75) is 77.9 Å². The van der Waals surface area contributed by atoms with E-state index in [1.807, 2.05) is 0 Å². The molecule has 4 rings (SSSR count). The van der Waals surface area contributed by atoms with Crippen molar-refractivity contribution in [3.63, 3.8) is 0 Å². The van der Waals surface area contributed by atoms with E-state index in [0.29, 0.717) is 12.1 Å². The molecule has 0 spiro atoms. The highest BCUT2D eigenvalue weighted by Gasteiger charge is 2.37. The average molecular weight is 355 g/mol. The van der Waals surface area contributed by atoms with Crippen LogP contribution in [0.5, 0.6) is 5.75 Å². The number of aryl methyl sites for hydroxylation is 2. The molecule has 1 atom stereocenters. The smallest absolute Gasteiger partial charge is 0.230 e. The summed E-state index contributed by atoms with van der Waals surface area (Å²) in [6.45, 7) is 10.0. The molecule has 1 saturated carbocycles. The number of hydrogen-bond acceptors (Lipinski definition) is 5. The number of hydrogen-bond donors (Lipinski definition) is 0. The molecule has 140 valence electrons. The van der Waals surface area contributed by atoms with Crippen LogP contribution in [-0.4, -0.2) is 27.7 Å². The van der Waals surface area contributed by atoms with E-state index in [0.717, 1.165) is 43.5 Å². The first-order valence-electron chi connectivity index (χ1n) is 9.85. The minimum atomic E-state index is 0.267. The predicted molar refractivity (Wildman–Crippen MR) is 100 cm³/mol. The molecule has 0 saturated heterocycles. The number of benzene rings is 1. The lowest BCUT2D eigenvalue weighted by Crippen LogP contribution is -2.30. The van der Waals surface area contributed by atoms with Crippen molar-refractivity contribution in [1.82, 2.24) is 15.1 Å². The number of nitrogens with zero attached hydrogens (tertiary/aromatic N) is 3. The normalized spacial score (nSPS) is 20.2. The quantitative estimate of drug-likeness (QED) is 0.779. The summed E-state index contributed by atoms with van der Waals surface area (Å²) < 4.78 is 12.0. The van der Waals surface area contributed by atoms with E-state index in [-0.39, 0.29) is 5.92 Å². The zero-order valence-electron chi connectivity index (χ0n) is 16.3. The number of fused-ring (bicyclic) bond motifs is 1. The zero-order chi connectivity index (χ0) is 18.3. The van der Waals surface area contributed by atoms with Gasteiger partial charge in [-0.05, 0) is 56.7 Å². The van der Waals surface area contributed by atoms with Crippen molar-refractivity contribution in [3.05, 3.63) is 40.6 Å². The predicted octanol–water partition coefficient (Wildman–Crippen LogP) is 4.69. The zero-order valence-corrected chi connectivity index (χ0v) is 16.3. The van der Waals surface area contributed by atoms with Crippen LogP contribution < -0.4 is 4.74 Å². The lowest BCUT2D eigenvalue weighted by Gasteiger charge is -2.31. The van der Waals surface area contributed by atoms with Crippen LogP contribution in [-0.2, 0) is 6.54 Å². The molecule has 1 aromatic heterocycles. The largest absolute Gasteiger partial charge is 0.493 e. The molecule has 0 amide bonds. The minimum absolute atomic E-state index is 0.267. The summed E-state index contributed by atoms with van der Waals surface area (Å²) in [6, 6.07) is 5.50. The summed E-state index contributed by atoms with van der Waals surface area (Å²) in [4.78, 5) is 2.57. The third-order valence-corrected chi connectivity index (χ3v) is 5.58. The molecule has 2 aromatic rings. The van der Waals surface area contributed by atoms with E-state index in [9.17, 15) is 0 Å². The van der Waals surface area contributed by atoms with Gasteiger partial charge in [0.05, 0.1) is 13.2 Å². The van der Waals surface area contributed by atoms with Crippen LogP contribution in [0.1, 0.15) is 80.0 Å². The second-order valence-electron chi connectivity index (χ2n) is 8.07. The fourth-order valence-corrected chi connectivity index (χ4v) is 3.78. The molecule has 0 radical (unpaired) electrons. The summed E-state index contributed by atoms with van der Waals surface area (Å²) in [7, 11) is 0. The van der Waals surface area contributed by atoms with Crippen molar-refractivity contribution in [3.8, 4) is 5.75 Å². The topological polar surface area (TPSA) is 51.4 Å². The fourth-order valence-electron chi connectivity index (χ4n) is 3.78. The molecule has 0 N–H and O–H groups in total. The van der Waals surface area contributed by atoms with Gasteiger partial charge in [-0.2, -0.15) is 0 Å². The summed E-state index contributed by atoms with van der Waals surface area (Å²) in [5, 5.41) is 8.52. The van der Waals surface area contributed by atoms with Crippen molar-refractivity contribution >= 4 is 0 Å². The van der Waals surface area contributed by atoms with Crippen LogP contribution in [0.4, 0.5) is 0 Å². The van der Waals surface area contributed by atoms with Crippen molar-refractivity contribution in [1.29, 1.82) is 0 Å². The minimum Gasteiger partial charge on any atom is -0.493 e. The lowest BCUT2D eigenvalue weighted by atomic mass is 9.96. The molecule has 5 nitrogen and oxygen atoms in total. The standard InChI is InChI=1S/C21H29N3O2/c1-13(2)21-23-22-20(26-21)12-24(16-7-8-16)18-6-5-9-25-19-11-15(4)14(3)10-17(18)19/h10-11,13,16,18H,5-9,12H2,1-4H3. The molecule has 2 aliphatic rings. The van der Waals surface area contributed by atoms with Crippen LogP contribution >= 0.6 is 0 Å². The molecule has 1 aliphatic heterocycles. The number of rotatable bonds is 5. The van der Waals surface area contributed by atoms with Crippen LogP contribution in [0, 0.1) is 13.8 Å². The number of aromatic nitrogens is 2. The summed E-state index contributed by atoms with van der Waals surface area (Å²) in [6.07, 6.45) is 4.68. The Morgan fingerprint density at radius 3 is 2.58 bits per heavy atom. The first-order chi connectivity index (χ1) is 12.5. The van der Waals surface area contributed by atoms with Gasteiger partial charge < -0.3 is 9.15 Å². The van der Waals surface area contributed by atoms with E-state index in [1.54, 1.807) is 0 Å². The first kappa shape index (κ1) is 17.5. The molecule has 1 aromatic carbocycles. The Bertz CT molecular complexity index is 780. The van der Waals surface area contributed by atoms with Crippen molar-refractivity contribution < 1.29 is 9.15 Å². The third kappa shape index (κ3) is 3.50. The Labute approximate surface area is 155 Å². The maximum atomic E-state index is 6.07. The lowest BCUT2D eigenvalue weighted by molar-refractivity contribution is 0.151. The highest BCUT2D eigenvalue weighted by Crippen LogP contribution is 2.43. The van der Waals surface area contributed by atoms with Gasteiger partial charge in [0.2, 0.25) is 11.8 Å². The Morgan fingerprint density at radius 1 is 1.12 bits per heavy atom. The second-order valence-corrected chi connectivity index (χ2v) is 8.07. The van der Waals surface area contributed by atoms with Gasteiger partial charge in [0.1, 0.15) is 5.75 Å². The van der Waals surface area contributed by atoms with E-state index in [1.165, 1.54) is 29.5 Å². The van der Waals surface area contributed by atoms with E-state index in [2.05, 4.69) is 54.9 Å². The van der Waals surface area contributed by atoms with Gasteiger partial charge >= 0.3 is 0 Å². The molecule has 5 heteroatoms. The molecule has 1 unspecified atom stereocenters. The maximum absolute atomic E-state index is 6.07. The third-order valence-electron chi connectivity index (χ3n) is 5.58. The molecule has 0 bridgehead atoms. The highest BCUT2D eigenvalue weighted by atomic mass is 16.5. The monoisotopic (exact) mass is 355 g/mol. The molecule has 26 heavy (non-hydrogen) atoms. The van der Waals surface area contributed by atoms with Crippen molar-refractivity contribution in [2.24, 2.45) is 0 Å². The summed E-state index contributed by atoms with van der Waals surface area (Å²) >= 11 is 0. The molecule has 1 fully saturated rings. The van der Waals surface area contributed by atoms with Gasteiger partial charge in [0.25, 0.3) is 0 Å². The van der Waals surface area contributed by atoms with Gasteiger partial charge in [-0.15, -0.1) is 10.2 Å². The van der Waals surface area contributed by atoms with Crippen molar-refractivity contribution in [2.75, 3.05) is 6.61 Å². The van der Waals surface area contributed by atoms with Crippen LogP contribution in [0.15, 0.2) is 16.5 Å². The maximum Gasteiger partial charge on any atom is 0.230 e. The fraction of sp³-hybridized carbons (Fsp3) is 0.619. The van der Waals surface area contributed by atoms with Crippen LogP contribution in [0.25, 0.3) is 0 Å². The Hall–Kier alpha value is -1.88. The average Bonchev–Trinajstić information content (AvgIpc) is 3.37.